The van der Waals surface area contributed by atoms with Crippen molar-refractivity contribution in [1.82, 2.24) is 0 Å². The molecule has 0 aromatic heterocycles. The Morgan fingerprint density at radius 1 is 1.17 bits per heavy atom. The zero-order valence-corrected chi connectivity index (χ0v) is 15.4. The minimum atomic E-state index is -0.416. The second-order valence-electron chi connectivity index (χ2n) is 8.22. The lowest BCUT2D eigenvalue weighted by molar-refractivity contribution is -0.954. The highest BCUT2D eigenvalue weighted by Gasteiger charge is 2.30. The third-order valence-electron chi connectivity index (χ3n) is 5.14. The highest BCUT2D eigenvalue weighted by molar-refractivity contribution is 5.38. The van der Waals surface area contributed by atoms with Gasteiger partial charge in [0.1, 0.15) is 25.0 Å². The quantitative estimate of drug-likeness (QED) is 0.874. The molecular weight excluding hydrogens is 286 g/mol. The van der Waals surface area contributed by atoms with E-state index < -0.39 is 6.10 Å². The molecule has 0 saturated carbocycles. The minimum Gasteiger partial charge on any atom is -0.490 e. The molecule has 1 aromatic rings. The first-order chi connectivity index (χ1) is 10.8. The van der Waals surface area contributed by atoms with E-state index >= 15 is 0 Å². The zero-order valence-electron chi connectivity index (χ0n) is 15.4. The number of piperidine rings is 1. The normalized spacial score (nSPS) is 26.8. The number of benzene rings is 1. The molecule has 1 fully saturated rings. The Hall–Kier alpha value is -1.06. The SMILES string of the molecule is C[C@@H]1CCC[C@H](C)[NH+]1C[C@H](O)COc1ccccc1C(C)(C)C. The zero-order chi connectivity index (χ0) is 17.0. The fraction of sp³-hybridized carbons (Fsp3) is 0.700. The summed E-state index contributed by atoms with van der Waals surface area (Å²) in [6.45, 7) is 12.3. The van der Waals surface area contributed by atoms with E-state index in [4.69, 9.17) is 4.74 Å². The van der Waals surface area contributed by atoms with Gasteiger partial charge in [-0.3, -0.25) is 0 Å². The topological polar surface area (TPSA) is 33.9 Å². The molecule has 1 saturated heterocycles. The van der Waals surface area contributed by atoms with Crippen molar-refractivity contribution in [3.8, 4) is 5.75 Å². The van der Waals surface area contributed by atoms with Crippen molar-refractivity contribution < 1.29 is 14.7 Å². The van der Waals surface area contributed by atoms with Crippen LogP contribution in [0.2, 0.25) is 0 Å². The van der Waals surface area contributed by atoms with E-state index in [0.717, 1.165) is 12.3 Å². The predicted octanol–water partition coefficient (Wildman–Crippen LogP) is 2.57. The fourth-order valence-electron chi connectivity index (χ4n) is 3.72. The third kappa shape index (κ3) is 4.95. The molecule has 1 aliphatic rings. The van der Waals surface area contributed by atoms with Gasteiger partial charge in [0.2, 0.25) is 0 Å². The molecular formula is C20H34NO2+. The van der Waals surface area contributed by atoms with Gasteiger partial charge in [0.25, 0.3) is 0 Å². The lowest BCUT2D eigenvalue weighted by Gasteiger charge is -2.36. The van der Waals surface area contributed by atoms with Gasteiger partial charge in [-0.1, -0.05) is 39.0 Å². The third-order valence-corrected chi connectivity index (χ3v) is 5.14. The maximum absolute atomic E-state index is 10.4. The smallest absolute Gasteiger partial charge is 0.137 e. The van der Waals surface area contributed by atoms with Crippen LogP contribution in [0.1, 0.15) is 59.4 Å². The van der Waals surface area contributed by atoms with Crippen LogP contribution in [0.25, 0.3) is 0 Å². The standard InChI is InChI=1S/C20H33NO2/c1-15-9-8-10-16(2)21(15)13-17(22)14-23-19-12-7-6-11-18(19)20(3,4)5/h6-7,11-12,15-17,22H,8-10,13-14H2,1-5H3/p+1/t15-,16+,17-/m0/s1. The Bertz CT molecular complexity index is 485. The molecule has 130 valence electrons. The molecule has 23 heavy (non-hydrogen) atoms. The van der Waals surface area contributed by atoms with Gasteiger partial charge in [-0.25, -0.2) is 0 Å². The Balaban J connectivity index is 1.93. The van der Waals surface area contributed by atoms with Crippen molar-refractivity contribution in [2.75, 3.05) is 13.2 Å². The monoisotopic (exact) mass is 320 g/mol. The van der Waals surface area contributed by atoms with E-state index in [-0.39, 0.29) is 5.41 Å². The number of hydrogen-bond acceptors (Lipinski definition) is 2. The van der Waals surface area contributed by atoms with E-state index in [1.54, 1.807) is 0 Å². The summed E-state index contributed by atoms with van der Waals surface area (Å²) in [5.41, 5.74) is 1.24. The van der Waals surface area contributed by atoms with E-state index in [0.29, 0.717) is 18.7 Å². The van der Waals surface area contributed by atoms with Crippen molar-refractivity contribution >= 4 is 0 Å². The van der Waals surface area contributed by atoms with Gasteiger partial charge in [0.05, 0.1) is 12.1 Å². The average molecular weight is 320 g/mol. The molecule has 3 nitrogen and oxygen atoms in total. The number of aliphatic hydroxyl groups excluding tert-OH is 1. The molecule has 0 amide bonds. The fourth-order valence-corrected chi connectivity index (χ4v) is 3.72. The van der Waals surface area contributed by atoms with Gasteiger partial charge in [-0.2, -0.15) is 0 Å². The summed E-state index contributed by atoms with van der Waals surface area (Å²) in [5, 5.41) is 10.4. The van der Waals surface area contributed by atoms with Crippen LogP contribution in [0.5, 0.6) is 5.75 Å². The number of nitrogens with one attached hydrogen (secondary N) is 1. The first kappa shape index (κ1) is 18.3. The van der Waals surface area contributed by atoms with Crippen molar-refractivity contribution in [1.29, 1.82) is 0 Å². The number of aliphatic hydroxyl groups is 1. The van der Waals surface area contributed by atoms with E-state index in [9.17, 15) is 5.11 Å². The Kier molecular flexibility index (Phi) is 6.10. The summed E-state index contributed by atoms with van der Waals surface area (Å²) in [6, 6.07) is 9.43. The molecule has 0 radical (unpaired) electrons. The van der Waals surface area contributed by atoms with E-state index in [2.05, 4.69) is 40.7 Å². The van der Waals surface area contributed by atoms with Crippen LogP contribution in [0, 0.1) is 0 Å². The summed E-state index contributed by atoms with van der Waals surface area (Å²) >= 11 is 0. The number of hydrogen-bond donors (Lipinski definition) is 2. The Morgan fingerprint density at radius 3 is 2.39 bits per heavy atom. The summed E-state index contributed by atoms with van der Waals surface area (Å²) in [5.74, 6) is 0.897. The van der Waals surface area contributed by atoms with Crippen LogP contribution in [0.3, 0.4) is 0 Å². The van der Waals surface area contributed by atoms with Crippen LogP contribution in [-0.2, 0) is 5.41 Å². The highest BCUT2D eigenvalue weighted by atomic mass is 16.5. The summed E-state index contributed by atoms with van der Waals surface area (Å²) in [7, 11) is 0. The summed E-state index contributed by atoms with van der Waals surface area (Å²) < 4.78 is 5.97. The molecule has 1 unspecified atom stereocenters. The average Bonchev–Trinajstić information content (AvgIpc) is 2.48. The maximum atomic E-state index is 10.4. The first-order valence-corrected chi connectivity index (χ1v) is 9.05. The van der Waals surface area contributed by atoms with Crippen LogP contribution >= 0.6 is 0 Å². The summed E-state index contributed by atoms with van der Waals surface area (Å²) in [6.07, 6.45) is 3.43. The summed E-state index contributed by atoms with van der Waals surface area (Å²) in [4.78, 5) is 1.52. The van der Waals surface area contributed by atoms with Crippen LogP contribution in [-0.4, -0.2) is 36.4 Å². The predicted molar refractivity (Wildman–Crippen MR) is 95.2 cm³/mol. The molecule has 1 heterocycles. The van der Waals surface area contributed by atoms with E-state index in [1.165, 1.54) is 29.7 Å². The maximum Gasteiger partial charge on any atom is 0.137 e. The number of rotatable bonds is 5. The van der Waals surface area contributed by atoms with Crippen LogP contribution in [0.15, 0.2) is 24.3 Å². The van der Waals surface area contributed by atoms with Gasteiger partial charge in [0, 0.05) is 0 Å². The van der Waals surface area contributed by atoms with Crippen molar-refractivity contribution in [2.24, 2.45) is 0 Å². The first-order valence-electron chi connectivity index (χ1n) is 9.05. The number of para-hydroxylation sites is 1. The van der Waals surface area contributed by atoms with E-state index in [1.807, 2.05) is 18.2 Å². The van der Waals surface area contributed by atoms with Crippen LogP contribution in [0.4, 0.5) is 0 Å². The molecule has 3 heteroatoms. The molecule has 1 aromatic carbocycles. The Labute approximate surface area is 141 Å². The molecule has 0 aliphatic carbocycles. The molecule has 0 spiro atoms. The Morgan fingerprint density at radius 2 is 1.78 bits per heavy atom. The van der Waals surface area contributed by atoms with Crippen molar-refractivity contribution in [3.63, 3.8) is 0 Å². The van der Waals surface area contributed by atoms with Gasteiger partial charge in [-0.15, -0.1) is 0 Å². The number of quaternary nitrogens is 1. The van der Waals surface area contributed by atoms with Gasteiger partial charge >= 0.3 is 0 Å². The van der Waals surface area contributed by atoms with Gasteiger partial charge in [-0.05, 0) is 50.2 Å². The minimum absolute atomic E-state index is 0.0443. The van der Waals surface area contributed by atoms with Gasteiger partial charge in [0.15, 0.2) is 0 Å². The molecule has 1 aliphatic heterocycles. The molecule has 4 atom stereocenters. The van der Waals surface area contributed by atoms with Crippen molar-refractivity contribution in [3.05, 3.63) is 29.8 Å². The van der Waals surface area contributed by atoms with Gasteiger partial charge < -0.3 is 14.7 Å². The lowest BCUT2D eigenvalue weighted by atomic mass is 9.86. The second-order valence-corrected chi connectivity index (χ2v) is 8.22. The lowest BCUT2D eigenvalue weighted by Crippen LogP contribution is -3.20. The largest absolute Gasteiger partial charge is 0.490 e. The highest BCUT2D eigenvalue weighted by Crippen LogP contribution is 2.30. The number of ether oxygens (including phenoxy) is 1. The molecule has 0 bridgehead atoms. The van der Waals surface area contributed by atoms with Crippen LogP contribution < -0.4 is 9.64 Å². The number of likely N-dealkylation sites (tertiary alicyclic amines) is 1. The second kappa shape index (κ2) is 7.67. The van der Waals surface area contributed by atoms with Crippen molar-refractivity contribution in [2.45, 2.75) is 77.5 Å². The molecule has 2 rings (SSSR count). The molecule has 2 N–H and O–H groups in total.